The third-order valence-corrected chi connectivity index (χ3v) is 4.19. The van der Waals surface area contributed by atoms with Gasteiger partial charge >= 0.3 is 0 Å². The van der Waals surface area contributed by atoms with Crippen molar-refractivity contribution in [1.29, 1.82) is 0 Å². The average molecular weight is 288 g/mol. The minimum Gasteiger partial charge on any atom is -0.381 e. The Labute approximate surface area is 123 Å². The van der Waals surface area contributed by atoms with Crippen molar-refractivity contribution in [1.82, 2.24) is 15.1 Å². The number of nitrogens with two attached hydrogens (primary N) is 1. The van der Waals surface area contributed by atoms with Gasteiger partial charge in [0, 0.05) is 32.2 Å². The number of rotatable bonds is 3. The first-order valence-corrected chi connectivity index (χ1v) is 7.17. The summed E-state index contributed by atoms with van der Waals surface area (Å²) in [5.41, 5.74) is 6.90. The minimum atomic E-state index is -0.381. The van der Waals surface area contributed by atoms with Crippen LogP contribution in [0.3, 0.4) is 0 Å². The number of nitrogens with zero attached hydrogens (tertiary/aromatic N) is 2. The molecule has 1 fully saturated rings. The van der Waals surface area contributed by atoms with Crippen LogP contribution in [0.25, 0.3) is 10.9 Å². The first-order valence-electron chi connectivity index (χ1n) is 7.17. The number of ether oxygens (including phenoxy) is 1. The molecule has 3 rings (SSSR count). The zero-order valence-electron chi connectivity index (χ0n) is 12.1. The van der Waals surface area contributed by atoms with Crippen molar-refractivity contribution in [2.24, 2.45) is 12.8 Å². The molecule has 0 spiro atoms. The summed E-state index contributed by atoms with van der Waals surface area (Å²) in [7, 11) is 1.84. The van der Waals surface area contributed by atoms with Crippen molar-refractivity contribution < 1.29 is 9.53 Å². The lowest BCUT2D eigenvalue weighted by molar-refractivity contribution is 0.0387. The standard InChI is InChI=1S/C15H20N4O2/c1-19-12-5-3-2-4-11(12)13(18-19)14(20)17-15(10-16)6-8-21-9-7-15/h2-5H,6-10,16H2,1H3,(H,17,20). The Morgan fingerprint density at radius 1 is 1.43 bits per heavy atom. The second-order valence-corrected chi connectivity index (χ2v) is 5.54. The van der Waals surface area contributed by atoms with Crippen LogP contribution in [-0.4, -0.2) is 41.0 Å². The SMILES string of the molecule is Cn1nc(C(=O)NC2(CN)CCOCC2)c2ccccc21. The van der Waals surface area contributed by atoms with E-state index >= 15 is 0 Å². The van der Waals surface area contributed by atoms with Crippen molar-refractivity contribution in [2.75, 3.05) is 19.8 Å². The largest absolute Gasteiger partial charge is 0.381 e. The molecule has 1 aliphatic rings. The molecule has 1 aromatic carbocycles. The molecular formula is C15H20N4O2. The summed E-state index contributed by atoms with van der Waals surface area (Å²) in [5.74, 6) is -0.167. The molecule has 0 bridgehead atoms. The van der Waals surface area contributed by atoms with Crippen LogP contribution in [0, 0.1) is 0 Å². The molecule has 0 saturated carbocycles. The normalized spacial score (nSPS) is 17.8. The molecule has 1 aliphatic heterocycles. The third kappa shape index (κ3) is 2.52. The summed E-state index contributed by atoms with van der Waals surface area (Å²) >= 11 is 0. The maximum absolute atomic E-state index is 12.6. The number of benzene rings is 1. The topological polar surface area (TPSA) is 82.2 Å². The van der Waals surface area contributed by atoms with Gasteiger partial charge in [-0.1, -0.05) is 18.2 Å². The van der Waals surface area contributed by atoms with Gasteiger partial charge in [0.25, 0.3) is 5.91 Å². The van der Waals surface area contributed by atoms with Gasteiger partial charge in [-0.25, -0.2) is 0 Å². The van der Waals surface area contributed by atoms with Crippen molar-refractivity contribution in [2.45, 2.75) is 18.4 Å². The van der Waals surface area contributed by atoms with Crippen LogP contribution in [-0.2, 0) is 11.8 Å². The quantitative estimate of drug-likeness (QED) is 0.875. The van der Waals surface area contributed by atoms with E-state index in [1.54, 1.807) is 4.68 Å². The van der Waals surface area contributed by atoms with Gasteiger partial charge in [-0.3, -0.25) is 9.48 Å². The number of hydrogen-bond donors (Lipinski definition) is 2. The molecule has 1 amide bonds. The number of hydrogen-bond acceptors (Lipinski definition) is 4. The molecule has 6 heteroatoms. The fraction of sp³-hybridized carbons (Fsp3) is 0.467. The van der Waals surface area contributed by atoms with Crippen molar-refractivity contribution in [3.63, 3.8) is 0 Å². The number of fused-ring (bicyclic) bond motifs is 1. The second kappa shape index (κ2) is 5.46. The smallest absolute Gasteiger partial charge is 0.272 e. The summed E-state index contributed by atoms with van der Waals surface area (Å²) in [6, 6.07) is 7.71. The fourth-order valence-electron chi connectivity index (χ4n) is 2.82. The molecule has 2 aromatic rings. The van der Waals surface area contributed by atoms with Gasteiger partial charge in [0.1, 0.15) is 0 Å². The van der Waals surface area contributed by atoms with Gasteiger partial charge in [-0.2, -0.15) is 5.10 Å². The van der Waals surface area contributed by atoms with E-state index in [4.69, 9.17) is 10.5 Å². The van der Waals surface area contributed by atoms with E-state index in [1.165, 1.54) is 0 Å². The van der Waals surface area contributed by atoms with Crippen LogP contribution >= 0.6 is 0 Å². The van der Waals surface area contributed by atoms with Crippen LogP contribution in [0.5, 0.6) is 0 Å². The molecule has 0 unspecified atom stereocenters. The Bertz CT molecular complexity index is 659. The number of nitrogens with one attached hydrogen (secondary N) is 1. The molecule has 0 atom stereocenters. The van der Waals surface area contributed by atoms with Crippen LogP contribution in [0.2, 0.25) is 0 Å². The highest BCUT2D eigenvalue weighted by molar-refractivity contribution is 6.05. The van der Waals surface area contributed by atoms with E-state index in [2.05, 4.69) is 10.4 Å². The van der Waals surface area contributed by atoms with E-state index in [0.717, 1.165) is 23.7 Å². The molecule has 0 radical (unpaired) electrons. The van der Waals surface area contributed by atoms with Gasteiger partial charge < -0.3 is 15.8 Å². The molecule has 0 aliphatic carbocycles. The maximum Gasteiger partial charge on any atom is 0.272 e. The van der Waals surface area contributed by atoms with E-state index in [0.29, 0.717) is 25.5 Å². The predicted molar refractivity (Wildman–Crippen MR) is 80.0 cm³/mol. The Kier molecular flexibility index (Phi) is 3.65. The second-order valence-electron chi connectivity index (χ2n) is 5.54. The highest BCUT2D eigenvalue weighted by Gasteiger charge is 2.34. The maximum atomic E-state index is 12.6. The van der Waals surface area contributed by atoms with Crippen LogP contribution in [0.4, 0.5) is 0 Å². The first kappa shape index (κ1) is 14.0. The predicted octanol–water partition coefficient (Wildman–Crippen LogP) is 0.811. The summed E-state index contributed by atoms with van der Waals surface area (Å²) in [6.45, 7) is 1.66. The molecular weight excluding hydrogens is 268 g/mol. The third-order valence-electron chi connectivity index (χ3n) is 4.19. The van der Waals surface area contributed by atoms with Crippen molar-refractivity contribution in [3.8, 4) is 0 Å². The Balaban J connectivity index is 1.90. The summed E-state index contributed by atoms with van der Waals surface area (Å²) < 4.78 is 7.09. The van der Waals surface area contributed by atoms with Crippen LogP contribution < -0.4 is 11.1 Å². The molecule has 1 aromatic heterocycles. The Hall–Kier alpha value is -1.92. The molecule has 1 saturated heterocycles. The number of aromatic nitrogens is 2. The van der Waals surface area contributed by atoms with E-state index in [-0.39, 0.29) is 11.4 Å². The van der Waals surface area contributed by atoms with E-state index in [1.807, 2.05) is 31.3 Å². The summed E-state index contributed by atoms with van der Waals surface area (Å²) in [5, 5.41) is 8.30. The van der Waals surface area contributed by atoms with Gasteiger partial charge in [-0.05, 0) is 18.9 Å². The van der Waals surface area contributed by atoms with Gasteiger partial charge in [0.05, 0.1) is 11.1 Å². The van der Waals surface area contributed by atoms with Crippen LogP contribution in [0.1, 0.15) is 23.3 Å². The number of carbonyl (C=O) groups excluding carboxylic acids is 1. The molecule has 3 N–H and O–H groups in total. The highest BCUT2D eigenvalue weighted by Crippen LogP contribution is 2.22. The summed E-state index contributed by atoms with van der Waals surface area (Å²) in [6.07, 6.45) is 1.47. The average Bonchev–Trinajstić information content (AvgIpc) is 2.86. The molecule has 6 nitrogen and oxygen atoms in total. The molecule has 21 heavy (non-hydrogen) atoms. The number of amides is 1. The zero-order valence-corrected chi connectivity index (χ0v) is 12.1. The Morgan fingerprint density at radius 2 is 2.14 bits per heavy atom. The summed E-state index contributed by atoms with van der Waals surface area (Å²) in [4.78, 5) is 12.6. The van der Waals surface area contributed by atoms with Crippen LogP contribution in [0.15, 0.2) is 24.3 Å². The number of aryl methyl sites for hydroxylation is 1. The monoisotopic (exact) mass is 288 g/mol. The first-order chi connectivity index (χ1) is 10.2. The van der Waals surface area contributed by atoms with Gasteiger partial charge in [-0.15, -0.1) is 0 Å². The minimum absolute atomic E-state index is 0.167. The van der Waals surface area contributed by atoms with Crippen molar-refractivity contribution >= 4 is 16.8 Å². The van der Waals surface area contributed by atoms with Gasteiger partial charge in [0.15, 0.2) is 5.69 Å². The van der Waals surface area contributed by atoms with E-state index < -0.39 is 0 Å². The lowest BCUT2D eigenvalue weighted by Gasteiger charge is -2.36. The molecule has 112 valence electrons. The van der Waals surface area contributed by atoms with Gasteiger partial charge in [0.2, 0.25) is 0 Å². The zero-order chi connectivity index (χ0) is 14.9. The van der Waals surface area contributed by atoms with E-state index in [9.17, 15) is 4.79 Å². The highest BCUT2D eigenvalue weighted by atomic mass is 16.5. The lowest BCUT2D eigenvalue weighted by atomic mass is 9.90. The molecule has 2 heterocycles. The fourth-order valence-corrected chi connectivity index (χ4v) is 2.82. The lowest BCUT2D eigenvalue weighted by Crippen LogP contribution is -2.56. The Morgan fingerprint density at radius 3 is 2.86 bits per heavy atom. The van der Waals surface area contributed by atoms with Crippen molar-refractivity contribution in [3.05, 3.63) is 30.0 Å². The number of para-hydroxylation sites is 1. The number of carbonyl (C=O) groups is 1.